The van der Waals surface area contributed by atoms with Crippen LogP contribution in [0.5, 0.6) is 5.75 Å². The van der Waals surface area contributed by atoms with Crippen LogP contribution in [0.25, 0.3) is 11.0 Å². The highest BCUT2D eigenvalue weighted by Gasteiger charge is 2.20. The van der Waals surface area contributed by atoms with Gasteiger partial charge in [-0.2, -0.15) is 0 Å². The zero-order valence-corrected chi connectivity index (χ0v) is 14.3. The van der Waals surface area contributed by atoms with E-state index in [1.807, 2.05) is 37.3 Å². The van der Waals surface area contributed by atoms with Gasteiger partial charge in [-0.25, -0.2) is 0 Å². The molecule has 0 fully saturated rings. The van der Waals surface area contributed by atoms with Crippen LogP contribution in [0.15, 0.2) is 46.9 Å². The van der Waals surface area contributed by atoms with Gasteiger partial charge in [0.2, 0.25) is 0 Å². The number of hydrogen-bond acceptors (Lipinski definition) is 3. The molecule has 0 aliphatic carbocycles. The van der Waals surface area contributed by atoms with E-state index in [0.29, 0.717) is 11.3 Å². The monoisotopic (exact) mass is 323 g/mol. The minimum atomic E-state index is -0.370. The van der Waals surface area contributed by atoms with Gasteiger partial charge in [-0.05, 0) is 36.1 Å². The predicted molar refractivity (Wildman–Crippen MR) is 95.7 cm³/mol. The van der Waals surface area contributed by atoms with Crippen LogP contribution in [-0.2, 0) is 5.41 Å². The second-order valence-electron chi connectivity index (χ2n) is 6.99. The third-order valence-corrected chi connectivity index (χ3v) is 4.16. The van der Waals surface area contributed by atoms with Crippen LogP contribution in [0.4, 0.5) is 5.69 Å². The van der Waals surface area contributed by atoms with Crippen molar-refractivity contribution in [3.8, 4) is 5.75 Å². The van der Waals surface area contributed by atoms with Crippen LogP contribution in [0.1, 0.15) is 42.5 Å². The molecule has 0 spiro atoms. The molecule has 3 aromatic rings. The summed E-state index contributed by atoms with van der Waals surface area (Å²) in [7, 11) is 0. The molecule has 0 aliphatic rings. The standard InChI is InChI=1S/C20H21NO3/c1-12-14-7-5-6-8-17(14)24-18(12)19(23)21-15-11-13(20(2,3)4)9-10-16(15)22/h5-11,22H,1-4H3,(H,21,23). The summed E-state index contributed by atoms with van der Waals surface area (Å²) >= 11 is 0. The molecule has 0 radical (unpaired) electrons. The lowest BCUT2D eigenvalue weighted by molar-refractivity contribution is 0.0997. The van der Waals surface area contributed by atoms with Gasteiger partial charge in [0.15, 0.2) is 5.76 Å². The third-order valence-electron chi connectivity index (χ3n) is 4.16. The summed E-state index contributed by atoms with van der Waals surface area (Å²) in [5, 5.41) is 13.7. The van der Waals surface area contributed by atoms with E-state index >= 15 is 0 Å². The first-order valence-electron chi connectivity index (χ1n) is 7.90. The number of phenols is 1. The number of anilines is 1. The molecule has 0 saturated heterocycles. The van der Waals surface area contributed by atoms with Crippen LogP contribution in [0, 0.1) is 6.92 Å². The number of rotatable bonds is 2. The summed E-state index contributed by atoms with van der Waals surface area (Å²) in [6, 6.07) is 12.8. The smallest absolute Gasteiger partial charge is 0.291 e. The zero-order valence-electron chi connectivity index (χ0n) is 14.3. The molecule has 3 rings (SSSR count). The van der Waals surface area contributed by atoms with Crippen LogP contribution in [-0.4, -0.2) is 11.0 Å². The molecule has 1 amide bonds. The van der Waals surface area contributed by atoms with Crippen molar-refractivity contribution >= 4 is 22.6 Å². The number of hydrogen-bond donors (Lipinski definition) is 2. The van der Waals surface area contributed by atoms with Gasteiger partial charge >= 0.3 is 0 Å². The van der Waals surface area contributed by atoms with Gasteiger partial charge in [-0.3, -0.25) is 4.79 Å². The van der Waals surface area contributed by atoms with Gasteiger partial charge in [0.05, 0.1) is 5.69 Å². The lowest BCUT2D eigenvalue weighted by Gasteiger charge is -2.20. The number of aromatic hydroxyl groups is 1. The Kier molecular flexibility index (Phi) is 3.84. The highest BCUT2D eigenvalue weighted by Crippen LogP contribution is 2.32. The number of carbonyl (C=O) groups excluding carboxylic acids is 1. The molecule has 0 unspecified atom stereocenters. The van der Waals surface area contributed by atoms with Crippen LogP contribution >= 0.6 is 0 Å². The van der Waals surface area contributed by atoms with Crippen molar-refractivity contribution in [3.05, 3.63) is 59.4 Å². The number of nitrogens with one attached hydrogen (secondary N) is 1. The van der Waals surface area contributed by atoms with Crippen molar-refractivity contribution in [2.45, 2.75) is 33.1 Å². The minimum absolute atomic E-state index is 0.0325. The largest absolute Gasteiger partial charge is 0.506 e. The molecule has 124 valence electrons. The summed E-state index contributed by atoms with van der Waals surface area (Å²) in [6.45, 7) is 8.09. The molecule has 0 aliphatic heterocycles. The maximum atomic E-state index is 12.6. The van der Waals surface area contributed by atoms with E-state index in [0.717, 1.165) is 16.5 Å². The SMILES string of the molecule is Cc1c(C(=O)Nc2cc(C(C)(C)C)ccc2O)oc2ccccc12. The van der Waals surface area contributed by atoms with E-state index in [2.05, 4.69) is 26.1 Å². The molecular weight excluding hydrogens is 302 g/mol. The molecule has 0 bridgehead atoms. The number of carbonyl (C=O) groups is 1. The van der Waals surface area contributed by atoms with E-state index in [-0.39, 0.29) is 22.8 Å². The quantitative estimate of drug-likeness (QED) is 0.653. The lowest BCUT2D eigenvalue weighted by atomic mass is 9.87. The summed E-state index contributed by atoms with van der Waals surface area (Å²) < 4.78 is 5.68. The molecule has 2 aromatic carbocycles. The molecule has 1 aromatic heterocycles. The summed E-state index contributed by atoms with van der Waals surface area (Å²) in [6.07, 6.45) is 0. The highest BCUT2D eigenvalue weighted by atomic mass is 16.3. The van der Waals surface area contributed by atoms with Crippen LogP contribution in [0.3, 0.4) is 0 Å². The number of furan rings is 1. The van der Waals surface area contributed by atoms with Gasteiger partial charge < -0.3 is 14.8 Å². The predicted octanol–water partition coefficient (Wildman–Crippen LogP) is 5.00. The number of aryl methyl sites for hydroxylation is 1. The zero-order chi connectivity index (χ0) is 17.5. The number of para-hydroxylation sites is 1. The minimum Gasteiger partial charge on any atom is -0.506 e. The van der Waals surface area contributed by atoms with E-state index in [9.17, 15) is 9.90 Å². The Hall–Kier alpha value is -2.75. The van der Waals surface area contributed by atoms with E-state index in [1.165, 1.54) is 0 Å². The number of benzene rings is 2. The number of phenolic OH excluding ortho intramolecular Hbond substituents is 1. The highest BCUT2D eigenvalue weighted by molar-refractivity contribution is 6.07. The van der Waals surface area contributed by atoms with Crippen molar-refractivity contribution < 1.29 is 14.3 Å². The fraction of sp³-hybridized carbons (Fsp3) is 0.250. The maximum absolute atomic E-state index is 12.6. The third kappa shape index (κ3) is 2.87. The van der Waals surface area contributed by atoms with Crippen molar-refractivity contribution in [3.63, 3.8) is 0 Å². The molecule has 4 heteroatoms. The Bertz CT molecular complexity index is 916. The fourth-order valence-electron chi connectivity index (χ4n) is 2.67. The molecule has 0 saturated carbocycles. The molecule has 0 atom stereocenters. The Morgan fingerprint density at radius 2 is 1.83 bits per heavy atom. The van der Waals surface area contributed by atoms with E-state index in [4.69, 9.17) is 4.42 Å². The van der Waals surface area contributed by atoms with Gasteiger partial charge in [-0.15, -0.1) is 0 Å². The molecular formula is C20H21NO3. The second kappa shape index (κ2) is 5.71. The van der Waals surface area contributed by atoms with Gasteiger partial charge in [0.25, 0.3) is 5.91 Å². The average molecular weight is 323 g/mol. The molecule has 1 heterocycles. The van der Waals surface area contributed by atoms with Gasteiger partial charge in [0, 0.05) is 10.9 Å². The number of fused-ring (bicyclic) bond motifs is 1. The average Bonchev–Trinajstić information content (AvgIpc) is 2.86. The Morgan fingerprint density at radius 3 is 2.50 bits per heavy atom. The first-order chi connectivity index (χ1) is 11.3. The van der Waals surface area contributed by atoms with E-state index in [1.54, 1.807) is 12.1 Å². The molecule has 4 nitrogen and oxygen atoms in total. The molecule has 2 N–H and O–H groups in total. The maximum Gasteiger partial charge on any atom is 0.291 e. The Labute approximate surface area is 141 Å². The van der Waals surface area contributed by atoms with Crippen LogP contribution in [0.2, 0.25) is 0 Å². The normalized spacial score (nSPS) is 11.7. The van der Waals surface area contributed by atoms with Crippen LogP contribution < -0.4 is 5.32 Å². The summed E-state index contributed by atoms with van der Waals surface area (Å²) in [5.41, 5.74) is 2.79. The topological polar surface area (TPSA) is 62.5 Å². The Balaban J connectivity index is 1.96. The summed E-state index contributed by atoms with van der Waals surface area (Å²) in [4.78, 5) is 12.6. The van der Waals surface area contributed by atoms with E-state index < -0.39 is 0 Å². The van der Waals surface area contributed by atoms with Crippen molar-refractivity contribution in [1.29, 1.82) is 0 Å². The first-order valence-corrected chi connectivity index (χ1v) is 7.90. The Morgan fingerprint density at radius 1 is 1.12 bits per heavy atom. The van der Waals surface area contributed by atoms with Crippen molar-refractivity contribution in [2.24, 2.45) is 0 Å². The fourth-order valence-corrected chi connectivity index (χ4v) is 2.67. The first kappa shape index (κ1) is 16.1. The second-order valence-corrected chi connectivity index (χ2v) is 6.99. The van der Waals surface area contributed by atoms with Gasteiger partial charge in [0.1, 0.15) is 11.3 Å². The van der Waals surface area contributed by atoms with Crippen molar-refractivity contribution in [1.82, 2.24) is 0 Å². The molecule has 24 heavy (non-hydrogen) atoms. The van der Waals surface area contributed by atoms with Gasteiger partial charge in [-0.1, -0.05) is 45.0 Å². The van der Waals surface area contributed by atoms with Crippen molar-refractivity contribution in [2.75, 3.05) is 5.32 Å². The lowest BCUT2D eigenvalue weighted by Crippen LogP contribution is -2.15. The summed E-state index contributed by atoms with van der Waals surface area (Å²) in [5.74, 6) is -0.0769. The number of amides is 1.